The molecular formula is C20H18N6O2S. The van der Waals surface area contributed by atoms with Crippen molar-refractivity contribution in [2.45, 2.75) is 25.4 Å². The third kappa shape index (κ3) is 3.44. The van der Waals surface area contributed by atoms with Gasteiger partial charge in [-0.2, -0.15) is 0 Å². The van der Waals surface area contributed by atoms with Gasteiger partial charge in [0.25, 0.3) is 5.91 Å². The molecule has 0 atom stereocenters. The van der Waals surface area contributed by atoms with Crippen LogP contribution in [0, 0.1) is 0 Å². The lowest BCUT2D eigenvalue weighted by molar-refractivity contribution is 0.0952. The number of carbonyl (C=O) groups excluding carboxylic acids is 1. The van der Waals surface area contributed by atoms with Crippen molar-refractivity contribution < 1.29 is 4.79 Å². The van der Waals surface area contributed by atoms with Crippen LogP contribution in [0.4, 0.5) is 0 Å². The largest absolute Gasteiger partial charge is 0.350 e. The first kappa shape index (κ1) is 17.7. The molecule has 1 N–H and O–H groups in total. The summed E-state index contributed by atoms with van der Waals surface area (Å²) in [5, 5.41) is 7.38. The molecular weight excluding hydrogens is 388 g/mol. The molecule has 3 heterocycles. The van der Waals surface area contributed by atoms with Crippen LogP contribution in [-0.4, -0.2) is 36.8 Å². The molecule has 5 rings (SSSR count). The maximum atomic E-state index is 12.8. The van der Waals surface area contributed by atoms with Crippen LogP contribution in [0.5, 0.6) is 0 Å². The Bertz CT molecular complexity index is 1240. The van der Waals surface area contributed by atoms with E-state index in [0.717, 1.165) is 28.6 Å². The highest BCUT2D eigenvalue weighted by molar-refractivity contribution is 7.16. The molecule has 0 spiro atoms. The molecule has 0 radical (unpaired) electrons. The van der Waals surface area contributed by atoms with Crippen molar-refractivity contribution in [3.8, 4) is 11.4 Å². The maximum Gasteiger partial charge on any atom is 0.346 e. The fraction of sp³-hybridized carbons (Fsp3) is 0.250. The zero-order valence-corrected chi connectivity index (χ0v) is 16.3. The smallest absolute Gasteiger partial charge is 0.346 e. The van der Waals surface area contributed by atoms with Gasteiger partial charge < -0.3 is 5.32 Å². The molecule has 1 saturated carbocycles. The molecule has 1 aliphatic rings. The van der Waals surface area contributed by atoms with Gasteiger partial charge in [0.15, 0.2) is 5.82 Å². The Morgan fingerprint density at radius 3 is 2.97 bits per heavy atom. The zero-order chi connectivity index (χ0) is 19.8. The summed E-state index contributed by atoms with van der Waals surface area (Å²) in [5.74, 6) is 0.454. The van der Waals surface area contributed by atoms with Crippen LogP contribution in [0.15, 0.2) is 53.0 Å². The topological polar surface area (TPSA) is 94.7 Å². The minimum absolute atomic E-state index is 0.147. The van der Waals surface area contributed by atoms with Crippen molar-refractivity contribution in [2.24, 2.45) is 0 Å². The van der Waals surface area contributed by atoms with Gasteiger partial charge in [-0.1, -0.05) is 0 Å². The molecule has 0 saturated heterocycles. The van der Waals surface area contributed by atoms with Gasteiger partial charge in [0.2, 0.25) is 0 Å². The van der Waals surface area contributed by atoms with Crippen LogP contribution in [-0.2, 0) is 6.54 Å². The number of aromatic nitrogens is 5. The second kappa shape index (κ2) is 7.25. The standard InChI is InChI=1S/C20H18N6O2S/c27-19(13-3-6-16-17(10-13)29-12-23-16)22-8-9-25-20(28)26(15-4-5-15)18(24-25)14-2-1-7-21-11-14/h1-3,6-7,10-12,15H,4-5,8-9H2,(H,22,27). The number of pyridine rings is 1. The van der Waals surface area contributed by atoms with Crippen LogP contribution in [0.25, 0.3) is 21.6 Å². The van der Waals surface area contributed by atoms with E-state index in [2.05, 4.69) is 20.4 Å². The minimum atomic E-state index is -0.178. The Hall–Kier alpha value is -3.33. The Kier molecular flexibility index (Phi) is 4.44. The quantitative estimate of drug-likeness (QED) is 0.531. The Balaban J connectivity index is 1.32. The molecule has 0 unspecified atom stereocenters. The first-order valence-corrected chi connectivity index (χ1v) is 10.3. The van der Waals surface area contributed by atoms with Gasteiger partial charge in [0.1, 0.15) is 0 Å². The summed E-state index contributed by atoms with van der Waals surface area (Å²) < 4.78 is 4.14. The van der Waals surface area contributed by atoms with E-state index >= 15 is 0 Å². The van der Waals surface area contributed by atoms with E-state index in [0.29, 0.717) is 24.5 Å². The van der Waals surface area contributed by atoms with E-state index in [1.165, 1.54) is 16.0 Å². The Morgan fingerprint density at radius 2 is 2.17 bits per heavy atom. The fourth-order valence-electron chi connectivity index (χ4n) is 3.29. The summed E-state index contributed by atoms with van der Waals surface area (Å²) in [5.41, 5.74) is 3.89. The van der Waals surface area contributed by atoms with Crippen LogP contribution >= 0.6 is 11.3 Å². The highest BCUT2D eigenvalue weighted by Gasteiger charge is 2.30. The summed E-state index contributed by atoms with van der Waals surface area (Å²) in [6.45, 7) is 0.619. The van der Waals surface area contributed by atoms with Gasteiger partial charge >= 0.3 is 5.69 Å². The summed E-state index contributed by atoms with van der Waals surface area (Å²) in [6.07, 6.45) is 5.37. The summed E-state index contributed by atoms with van der Waals surface area (Å²) >= 11 is 1.50. The number of carbonyl (C=O) groups is 1. The zero-order valence-electron chi connectivity index (χ0n) is 15.5. The van der Waals surface area contributed by atoms with Crippen LogP contribution < -0.4 is 11.0 Å². The third-order valence-electron chi connectivity index (χ3n) is 4.90. The number of amides is 1. The summed E-state index contributed by atoms with van der Waals surface area (Å²) in [4.78, 5) is 33.6. The number of nitrogens with one attached hydrogen (secondary N) is 1. The van der Waals surface area contributed by atoms with Gasteiger partial charge in [-0.25, -0.2) is 14.5 Å². The first-order chi connectivity index (χ1) is 14.2. The lowest BCUT2D eigenvalue weighted by Gasteiger charge is -2.05. The predicted octanol–water partition coefficient (Wildman–Crippen LogP) is 2.48. The van der Waals surface area contributed by atoms with Gasteiger partial charge in [-0.15, -0.1) is 16.4 Å². The number of hydrogen-bond donors (Lipinski definition) is 1. The monoisotopic (exact) mass is 406 g/mol. The minimum Gasteiger partial charge on any atom is -0.350 e. The number of rotatable bonds is 6. The number of hydrogen-bond acceptors (Lipinski definition) is 6. The fourth-order valence-corrected chi connectivity index (χ4v) is 4.01. The lowest BCUT2D eigenvalue weighted by Crippen LogP contribution is -2.32. The predicted molar refractivity (Wildman–Crippen MR) is 110 cm³/mol. The van der Waals surface area contributed by atoms with Crippen molar-refractivity contribution in [3.63, 3.8) is 0 Å². The van der Waals surface area contributed by atoms with Crippen molar-refractivity contribution in [2.75, 3.05) is 6.54 Å². The second-order valence-corrected chi connectivity index (χ2v) is 7.85. The molecule has 4 aromatic rings. The van der Waals surface area contributed by atoms with Crippen molar-refractivity contribution >= 4 is 27.5 Å². The third-order valence-corrected chi connectivity index (χ3v) is 5.70. The number of nitrogens with zero attached hydrogens (tertiary/aromatic N) is 5. The van der Waals surface area contributed by atoms with Crippen LogP contribution in [0.2, 0.25) is 0 Å². The molecule has 9 heteroatoms. The average molecular weight is 406 g/mol. The molecule has 0 bridgehead atoms. The van der Waals surface area contributed by atoms with Gasteiger partial charge in [-0.3, -0.25) is 14.3 Å². The summed E-state index contributed by atoms with van der Waals surface area (Å²) in [7, 11) is 0. The van der Waals surface area contributed by atoms with Gasteiger partial charge in [0, 0.05) is 36.1 Å². The van der Waals surface area contributed by atoms with Gasteiger partial charge in [-0.05, 0) is 43.2 Å². The van der Waals surface area contributed by atoms with Crippen LogP contribution in [0.1, 0.15) is 29.2 Å². The Labute approximate surface area is 169 Å². The molecule has 1 amide bonds. The molecule has 0 aliphatic heterocycles. The average Bonchev–Trinajstić information content (AvgIpc) is 3.38. The maximum absolute atomic E-state index is 12.8. The highest BCUT2D eigenvalue weighted by atomic mass is 32.1. The van der Waals surface area contributed by atoms with E-state index in [9.17, 15) is 9.59 Å². The number of benzene rings is 1. The molecule has 29 heavy (non-hydrogen) atoms. The van der Waals surface area contributed by atoms with E-state index in [1.54, 1.807) is 28.5 Å². The number of thiazole rings is 1. The molecule has 1 aliphatic carbocycles. The first-order valence-electron chi connectivity index (χ1n) is 9.42. The van der Waals surface area contributed by atoms with Crippen LogP contribution in [0.3, 0.4) is 0 Å². The van der Waals surface area contributed by atoms with E-state index in [4.69, 9.17) is 0 Å². The van der Waals surface area contributed by atoms with E-state index in [-0.39, 0.29) is 17.6 Å². The SMILES string of the molecule is O=C(NCCn1nc(-c2cccnc2)n(C2CC2)c1=O)c1ccc2ncsc2c1. The molecule has 3 aromatic heterocycles. The molecule has 1 aromatic carbocycles. The van der Waals surface area contributed by atoms with E-state index < -0.39 is 0 Å². The molecule has 1 fully saturated rings. The number of fused-ring (bicyclic) bond motifs is 1. The lowest BCUT2D eigenvalue weighted by atomic mass is 10.2. The van der Waals surface area contributed by atoms with Crippen molar-refractivity contribution in [1.29, 1.82) is 0 Å². The molecule has 8 nitrogen and oxygen atoms in total. The van der Waals surface area contributed by atoms with E-state index in [1.807, 2.05) is 24.3 Å². The highest BCUT2D eigenvalue weighted by Crippen LogP contribution is 2.36. The summed E-state index contributed by atoms with van der Waals surface area (Å²) in [6, 6.07) is 9.35. The van der Waals surface area contributed by atoms with Crippen molar-refractivity contribution in [3.05, 3.63) is 64.3 Å². The van der Waals surface area contributed by atoms with Gasteiger partial charge in [0.05, 0.1) is 22.3 Å². The van der Waals surface area contributed by atoms with Crippen molar-refractivity contribution in [1.82, 2.24) is 29.6 Å². The second-order valence-electron chi connectivity index (χ2n) is 6.96. The Morgan fingerprint density at radius 1 is 1.28 bits per heavy atom. The normalized spacial score (nSPS) is 13.7. The molecule has 146 valence electrons.